The summed E-state index contributed by atoms with van der Waals surface area (Å²) in [6.45, 7) is 2.24. The molecule has 0 spiro atoms. The van der Waals surface area contributed by atoms with Gasteiger partial charge in [-0.3, -0.25) is 4.79 Å². The smallest absolute Gasteiger partial charge is 0.379 e. The number of esters is 1. The molecule has 7 nitrogen and oxygen atoms in total. The zero-order valence-electron chi connectivity index (χ0n) is 17.2. The number of thiophene rings is 1. The van der Waals surface area contributed by atoms with Gasteiger partial charge < -0.3 is 13.9 Å². The van der Waals surface area contributed by atoms with Crippen LogP contribution in [-0.4, -0.2) is 25.2 Å². The van der Waals surface area contributed by atoms with Crippen LogP contribution in [0.5, 0.6) is 11.5 Å². The van der Waals surface area contributed by atoms with E-state index < -0.39 is 5.97 Å². The van der Waals surface area contributed by atoms with E-state index in [4.69, 9.17) is 13.9 Å². The lowest BCUT2D eigenvalue weighted by Crippen LogP contribution is -2.16. The van der Waals surface area contributed by atoms with Crippen molar-refractivity contribution in [2.45, 2.75) is 26.2 Å². The molecule has 1 unspecified atom stereocenters. The van der Waals surface area contributed by atoms with E-state index in [-0.39, 0.29) is 17.4 Å². The Hall–Kier alpha value is -3.39. The third kappa shape index (κ3) is 4.86. The Kier molecular flexibility index (Phi) is 6.18. The van der Waals surface area contributed by atoms with Crippen molar-refractivity contribution in [1.82, 2.24) is 5.43 Å². The number of furan rings is 1. The van der Waals surface area contributed by atoms with E-state index in [1.54, 1.807) is 35.6 Å². The number of ether oxygens (including phenoxy) is 2. The lowest BCUT2D eigenvalue weighted by atomic mass is 9.90. The normalized spacial score (nSPS) is 15.5. The number of hydrogen-bond donors (Lipinski definition) is 1. The van der Waals surface area contributed by atoms with Crippen LogP contribution in [0.2, 0.25) is 0 Å². The molecule has 1 atom stereocenters. The molecule has 0 saturated heterocycles. The van der Waals surface area contributed by atoms with Crippen LogP contribution in [0.1, 0.15) is 49.6 Å². The van der Waals surface area contributed by atoms with Gasteiger partial charge in [0.1, 0.15) is 0 Å². The number of benzene rings is 1. The second-order valence-corrected chi connectivity index (χ2v) is 8.52. The first-order chi connectivity index (χ1) is 15.0. The summed E-state index contributed by atoms with van der Waals surface area (Å²) < 4.78 is 15.6. The van der Waals surface area contributed by atoms with Gasteiger partial charge in [-0.1, -0.05) is 6.92 Å². The summed E-state index contributed by atoms with van der Waals surface area (Å²) in [5, 5.41) is 4.05. The number of carbonyl (C=O) groups excluding carboxylic acids is 2. The van der Waals surface area contributed by atoms with Crippen LogP contribution >= 0.6 is 11.3 Å². The Bertz CT molecular complexity index is 1120. The number of methoxy groups -OCH3 is 1. The third-order valence-electron chi connectivity index (χ3n) is 5.05. The van der Waals surface area contributed by atoms with Gasteiger partial charge in [-0.15, -0.1) is 11.3 Å². The first-order valence-electron chi connectivity index (χ1n) is 9.92. The number of aryl methyl sites for hydroxylation is 1. The highest BCUT2D eigenvalue weighted by molar-refractivity contribution is 7.14. The van der Waals surface area contributed by atoms with Crippen molar-refractivity contribution in [3.63, 3.8) is 0 Å². The lowest BCUT2D eigenvalue weighted by Gasteiger charge is -2.16. The molecule has 1 aromatic carbocycles. The number of carbonyl (C=O) groups is 2. The first kappa shape index (κ1) is 20.9. The van der Waals surface area contributed by atoms with Crippen molar-refractivity contribution in [2.24, 2.45) is 11.0 Å². The van der Waals surface area contributed by atoms with Gasteiger partial charge in [0.05, 0.1) is 24.5 Å². The number of amides is 1. The average Bonchev–Trinajstić information content (AvgIpc) is 3.44. The quantitative estimate of drug-likeness (QED) is 0.266. The van der Waals surface area contributed by atoms with Gasteiger partial charge in [0, 0.05) is 4.88 Å². The highest BCUT2D eigenvalue weighted by Gasteiger charge is 2.20. The van der Waals surface area contributed by atoms with Gasteiger partial charge >= 0.3 is 5.97 Å². The maximum absolute atomic E-state index is 12.4. The van der Waals surface area contributed by atoms with Crippen LogP contribution in [0.15, 0.2) is 52.2 Å². The third-order valence-corrected chi connectivity index (χ3v) is 6.28. The molecule has 0 bridgehead atoms. The van der Waals surface area contributed by atoms with Crippen LogP contribution < -0.4 is 14.9 Å². The Labute approximate surface area is 183 Å². The van der Waals surface area contributed by atoms with Gasteiger partial charge in [-0.2, -0.15) is 5.10 Å². The van der Waals surface area contributed by atoms with Crippen molar-refractivity contribution in [3.05, 3.63) is 69.3 Å². The highest BCUT2D eigenvalue weighted by atomic mass is 32.1. The molecule has 3 aromatic rings. The number of fused-ring (bicyclic) bond motifs is 1. The molecule has 31 heavy (non-hydrogen) atoms. The molecular weight excluding hydrogens is 416 g/mol. The summed E-state index contributed by atoms with van der Waals surface area (Å²) >= 11 is 1.54. The molecular formula is C23H22N2O5S. The topological polar surface area (TPSA) is 90.1 Å². The summed E-state index contributed by atoms with van der Waals surface area (Å²) in [5.74, 6) is 0.524. The molecule has 2 heterocycles. The minimum Gasteiger partial charge on any atom is -0.493 e. The summed E-state index contributed by atoms with van der Waals surface area (Å²) in [6, 6.07) is 10.1. The van der Waals surface area contributed by atoms with Crippen LogP contribution in [0.3, 0.4) is 0 Å². The molecule has 1 N–H and O–H groups in total. The predicted octanol–water partition coefficient (Wildman–Crippen LogP) is 4.46. The van der Waals surface area contributed by atoms with Crippen molar-refractivity contribution in [1.29, 1.82) is 0 Å². The molecule has 4 rings (SSSR count). The van der Waals surface area contributed by atoms with Crippen LogP contribution in [0, 0.1) is 5.92 Å². The molecule has 0 fully saturated rings. The van der Waals surface area contributed by atoms with E-state index in [0.29, 0.717) is 22.1 Å². The van der Waals surface area contributed by atoms with Crippen molar-refractivity contribution in [3.8, 4) is 11.5 Å². The standard InChI is InChI=1S/C23H22N2O5S/c1-14-5-8-20-16(10-14)12-21(31-20)22(26)25-24-13-15-6-7-17(19(11-15)28-2)30-23(27)18-4-3-9-29-18/h3-4,6-7,9,11-14H,5,8,10H2,1-2H3,(H,25,26). The fourth-order valence-electron chi connectivity index (χ4n) is 3.43. The molecule has 160 valence electrons. The Balaban J connectivity index is 1.39. The molecule has 8 heteroatoms. The van der Waals surface area contributed by atoms with E-state index in [1.165, 1.54) is 42.5 Å². The molecule has 1 amide bonds. The Morgan fingerprint density at radius 2 is 2.13 bits per heavy atom. The molecule has 1 aliphatic rings. The Morgan fingerprint density at radius 3 is 2.90 bits per heavy atom. The fourth-order valence-corrected chi connectivity index (χ4v) is 4.53. The van der Waals surface area contributed by atoms with E-state index in [9.17, 15) is 9.59 Å². The van der Waals surface area contributed by atoms with Crippen molar-refractivity contribution < 1.29 is 23.5 Å². The van der Waals surface area contributed by atoms with Gasteiger partial charge in [0.25, 0.3) is 5.91 Å². The largest absolute Gasteiger partial charge is 0.493 e. The summed E-state index contributed by atoms with van der Waals surface area (Å²) in [4.78, 5) is 26.5. The lowest BCUT2D eigenvalue weighted by molar-refractivity contribution is 0.0696. The second kappa shape index (κ2) is 9.18. The van der Waals surface area contributed by atoms with Gasteiger partial charge in [-0.25, -0.2) is 10.2 Å². The molecule has 0 radical (unpaired) electrons. The number of nitrogens with zero attached hydrogens (tertiary/aromatic N) is 1. The van der Waals surface area contributed by atoms with Gasteiger partial charge in [-0.05, 0) is 72.7 Å². The van der Waals surface area contributed by atoms with Crippen LogP contribution in [0.4, 0.5) is 0 Å². The zero-order chi connectivity index (χ0) is 21.8. The van der Waals surface area contributed by atoms with Crippen LogP contribution in [-0.2, 0) is 12.8 Å². The second-order valence-electron chi connectivity index (χ2n) is 7.38. The maximum atomic E-state index is 12.4. The van der Waals surface area contributed by atoms with Gasteiger partial charge in [0.2, 0.25) is 5.76 Å². The number of hydrazone groups is 1. The molecule has 1 aliphatic carbocycles. The molecule has 0 saturated carbocycles. The number of nitrogens with one attached hydrogen (secondary N) is 1. The SMILES string of the molecule is COc1cc(C=NNC(=O)c2cc3c(s2)CCC(C)C3)ccc1OC(=O)c1ccco1. The minimum absolute atomic E-state index is 0.0973. The predicted molar refractivity (Wildman–Crippen MR) is 117 cm³/mol. The van der Waals surface area contributed by atoms with E-state index in [2.05, 4.69) is 17.5 Å². The van der Waals surface area contributed by atoms with Crippen molar-refractivity contribution >= 4 is 29.4 Å². The van der Waals surface area contributed by atoms with Crippen molar-refractivity contribution in [2.75, 3.05) is 7.11 Å². The van der Waals surface area contributed by atoms with Crippen LogP contribution in [0.25, 0.3) is 0 Å². The number of hydrogen-bond acceptors (Lipinski definition) is 7. The average molecular weight is 439 g/mol. The minimum atomic E-state index is -0.620. The molecule has 0 aliphatic heterocycles. The van der Waals surface area contributed by atoms with E-state index >= 15 is 0 Å². The molecule has 2 aromatic heterocycles. The van der Waals surface area contributed by atoms with E-state index in [0.717, 1.165) is 12.8 Å². The highest BCUT2D eigenvalue weighted by Crippen LogP contribution is 2.32. The zero-order valence-corrected chi connectivity index (χ0v) is 18.0. The first-order valence-corrected chi connectivity index (χ1v) is 10.7. The fraction of sp³-hybridized carbons (Fsp3) is 0.261. The Morgan fingerprint density at radius 1 is 1.26 bits per heavy atom. The summed E-state index contributed by atoms with van der Waals surface area (Å²) in [5.41, 5.74) is 4.53. The van der Waals surface area contributed by atoms with Gasteiger partial charge in [0.15, 0.2) is 11.5 Å². The maximum Gasteiger partial charge on any atom is 0.379 e. The van der Waals surface area contributed by atoms with E-state index in [1.807, 2.05) is 6.07 Å². The monoisotopic (exact) mass is 438 g/mol. The summed E-state index contributed by atoms with van der Waals surface area (Å²) in [6.07, 6.45) is 6.14. The number of rotatable bonds is 6. The summed E-state index contributed by atoms with van der Waals surface area (Å²) in [7, 11) is 1.47.